The zero-order valence-electron chi connectivity index (χ0n) is 13.5. The van der Waals surface area contributed by atoms with Crippen LogP contribution < -0.4 is 15.8 Å². The Morgan fingerprint density at radius 1 is 1.08 bits per heavy atom. The molecule has 0 bridgehead atoms. The van der Waals surface area contributed by atoms with Crippen molar-refractivity contribution < 1.29 is 18.4 Å². The zero-order valence-corrected chi connectivity index (χ0v) is 13.5. The Balaban J connectivity index is 1.73. The molecule has 0 saturated carbocycles. The number of nitrogens with zero attached hydrogens (tertiary/aromatic N) is 3. The second kappa shape index (κ2) is 6.52. The van der Waals surface area contributed by atoms with Crippen LogP contribution in [0.25, 0.3) is 0 Å². The Labute approximate surface area is 142 Å². The first kappa shape index (κ1) is 16.9. The fourth-order valence-electron chi connectivity index (χ4n) is 2.57. The van der Waals surface area contributed by atoms with Gasteiger partial charge in [-0.1, -0.05) is 0 Å². The third-order valence-corrected chi connectivity index (χ3v) is 3.65. The minimum atomic E-state index is -1.13. The third-order valence-electron chi connectivity index (χ3n) is 3.65. The van der Waals surface area contributed by atoms with Gasteiger partial charge in [0.05, 0.1) is 12.1 Å². The van der Waals surface area contributed by atoms with Crippen LogP contribution in [0.4, 0.5) is 20.4 Å². The summed E-state index contributed by atoms with van der Waals surface area (Å²) in [6.07, 6.45) is -0.129. The van der Waals surface area contributed by atoms with Crippen molar-refractivity contribution in [3.05, 3.63) is 47.3 Å². The summed E-state index contributed by atoms with van der Waals surface area (Å²) in [7, 11) is 0. The van der Waals surface area contributed by atoms with Gasteiger partial charge in [0.1, 0.15) is 6.04 Å². The van der Waals surface area contributed by atoms with E-state index in [0.29, 0.717) is 0 Å². The molecule has 1 aromatic carbocycles. The van der Waals surface area contributed by atoms with E-state index in [-0.39, 0.29) is 18.1 Å². The zero-order chi connectivity index (χ0) is 18.1. The molecular weight excluding hydrogens is 332 g/mol. The van der Waals surface area contributed by atoms with Gasteiger partial charge in [-0.25, -0.2) is 29.1 Å². The number of hydrazine groups is 1. The van der Waals surface area contributed by atoms with Crippen molar-refractivity contribution in [2.24, 2.45) is 0 Å². The quantitative estimate of drug-likeness (QED) is 0.646. The van der Waals surface area contributed by atoms with E-state index in [1.807, 2.05) is 0 Å². The lowest BCUT2D eigenvalue weighted by molar-refractivity contribution is -0.121. The topological polar surface area (TPSA) is 87.2 Å². The van der Waals surface area contributed by atoms with Gasteiger partial charge in [-0.3, -0.25) is 15.0 Å². The molecule has 1 unspecified atom stereocenters. The number of anilines is 2. The number of imide groups is 1. The van der Waals surface area contributed by atoms with Crippen LogP contribution in [0.15, 0.2) is 24.3 Å². The number of rotatable bonds is 4. The molecule has 1 fully saturated rings. The Kier molecular flexibility index (Phi) is 4.41. The highest BCUT2D eigenvalue weighted by Crippen LogP contribution is 2.24. The van der Waals surface area contributed by atoms with Gasteiger partial charge in [-0.2, -0.15) is 0 Å². The number of halogens is 2. The Morgan fingerprint density at radius 2 is 1.76 bits per heavy atom. The number of hydrogen-bond acceptors (Lipinski definition) is 6. The van der Waals surface area contributed by atoms with Gasteiger partial charge in [0, 0.05) is 17.5 Å². The SMILES string of the molecule is Cc1cc(C)nc(NNC2CC(=O)N(c3ccc(F)c(F)c3)C2=O)n1. The molecule has 7 nitrogen and oxygen atoms in total. The van der Waals surface area contributed by atoms with E-state index in [1.54, 1.807) is 19.9 Å². The predicted octanol–water partition coefficient (Wildman–Crippen LogP) is 1.62. The van der Waals surface area contributed by atoms with Crippen molar-refractivity contribution in [1.29, 1.82) is 0 Å². The van der Waals surface area contributed by atoms with Crippen molar-refractivity contribution in [3.63, 3.8) is 0 Å². The van der Waals surface area contributed by atoms with Crippen LogP contribution in [0, 0.1) is 25.5 Å². The molecule has 0 radical (unpaired) electrons. The van der Waals surface area contributed by atoms with E-state index >= 15 is 0 Å². The number of aromatic nitrogens is 2. The lowest BCUT2D eigenvalue weighted by Crippen LogP contribution is -2.42. The van der Waals surface area contributed by atoms with Crippen LogP contribution in [-0.4, -0.2) is 27.8 Å². The van der Waals surface area contributed by atoms with Gasteiger partial charge in [0.2, 0.25) is 11.9 Å². The first-order valence-corrected chi connectivity index (χ1v) is 7.51. The highest BCUT2D eigenvalue weighted by molar-refractivity contribution is 6.22. The summed E-state index contributed by atoms with van der Waals surface area (Å²) in [5.41, 5.74) is 6.88. The first-order chi connectivity index (χ1) is 11.8. The average molecular weight is 347 g/mol. The summed E-state index contributed by atoms with van der Waals surface area (Å²) in [5.74, 6) is -3.00. The highest BCUT2D eigenvalue weighted by Gasteiger charge is 2.39. The average Bonchev–Trinajstić information content (AvgIpc) is 2.81. The van der Waals surface area contributed by atoms with E-state index in [4.69, 9.17) is 0 Å². The fourth-order valence-corrected chi connectivity index (χ4v) is 2.57. The van der Waals surface area contributed by atoms with Gasteiger partial charge in [-0.15, -0.1) is 0 Å². The molecule has 0 spiro atoms. The van der Waals surface area contributed by atoms with Gasteiger partial charge in [-0.05, 0) is 32.0 Å². The minimum Gasteiger partial charge on any atom is -0.289 e. The number of amides is 2. The van der Waals surface area contributed by atoms with E-state index in [1.165, 1.54) is 6.07 Å². The predicted molar refractivity (Wildman–Crippen MR) is 85.5 cm³/mol. The van der Waals surface area contributed by atoms with Crippen molar-refractivity contribution in [2.75, 3.05) is 10.3 Å². The molecule has 130 valence electrons. The van der Waals surface area contributed by atoms with Gasteiger partial charge < -0.3 is 0 Å². The second-order valence-corrected chi connectivity index (χ2v) is 5.67. The number of hydrogen-bond donors (Lipinski definition) is 2. The molecule has 2 heterocycles. The molecule has 1 saturated heterocycles. The summed E-state index contributed by atoms with van der Waals surface area (Å²) in [6.45, 7) is 3.60. The molecule has 1 atom stereocenters. The first-order valence-electron chi connectivity index (χ1n) is 7.51. The monoisotopic (exact) mass is 347 g/mol. The summed E-state index contributed by atoms with van der Waals surface area (Å²) < 4.78 is 26.4. The summed E-state index contributed by atoms with van der Waals surface area (Å²) in [4.78, 5) is 33.6. The van der Waals surface area contributed by atoms with Crippen molar-refractivity contribution >= 4 is 23.5 Å². The molecule has 2 aromatic rings. The van der Waals surface area contributed by atoms with Gasteiger partial charge in [0.15, 0.2) is 11.6 Å². The van der Waals surface area contributed by atoms with Crippen LogP contribution in [0.2, 0.25) is 0 Å². The fraction of sp³-hybridized carbons (Fsp3) is 0.250. The third kappa shape index (κ3) is 3.45. The molecule has 1 aliphatic heterocycles. The van der Waals surface area contributed by atoms with E-state index < -0.39 is 29.5 Å². The minimum absolute atomic E-state index is 0.0131. The molecule has 25 heavy (non-hydrogen) atoms. The van der Waals surface area contributed by atoms with E-state index in [2.05, 4.69) is 20.8 Å². The summed E-state index contributed by atoms with van der Waals surface area (Å²) in [5, 5.41) is 0. The number of benzene rings is 1. The van der Waals surface area contributed by atoms with E-state index in [0.717, 1.165) is 28.4 Å². The Morgan fingerprint density at radius 3 is 2.40 bits per heavy atom. The van der Waals surface area contributed by atoms with Crippen LogP contribution in [0.3, 0.4) is 0 Å². The lowest BCUT2D eigenvalue weighted by atomic mass is 10.2. The molecule has 2 amide bonds. The maximum absolute atomic E-state index is 13.4. The molecule has 2 N–H and O–H groups in total. The molecule has 0 aliphatic carbocycles. The van der Waals surface area contributed by atoms with Crippen LogP contribution in [0.1, 0.15) is 17.8 Å². The van der Waals surface area contributed by atoms with E-state index in [9.17, 15) is 18.4 Å². The van der Waals surface area contributed by atoms with Gasteiger partial charge in [0.25, 0.3) is 5.91 Å². The summed E-state index contributed by atoms with van der Waals surface area (Å²) >= 11 is 0. The standard InChI is InChI=1S/C16H15F2N5O2/c1-8-5-9(2)20-16(19-8)22-21-13-7-14(24)23(15(13)25)10-3-4-11(17)12(18)6-10/h3-6,13,21H,7H2,1-2H3,(H,19,20,22). The Bertz CT molecular complexity index is 838. The van der Waals surface area contributed by atoms with Crippen LogP contribution in [-0.2, 0) is 9.59 Å². The van der Waals surface area contributed by atoms with Gasteiger partial charge >= 0.3 is 0 Å². The highest BCUT2D eigenvalue weighted by atomic mass is 19.2. The largest absolute Gasteiger partial charge is 0.289 e. The second-order valence-electron chi connectivity index (χ2n) is 5.67. The smallest absolute Gasteiger partial charge is 0.253 e. The number of carbonyl (C=O) groups is 2. The van der Waals surface area contributed by atoms with Crippen LogP contribution >= 0.6 is 0 Å². The summed E-state index contributed by atoms with van der Waals surface area (Å²) in [6, 6.07) is 3.78. The van der Waals surface area contributed by atoms with Crippen LogP contribution in [0.5, 0.6) is 0 Å². The van der Waals surface area contributed by atoms with Crippen molar-refractivity contribution in [1.82, 2.24) is 15.4 Å². The molecule has 3 rings (SSSR count). The lowest BCUT2D eigenvalue weighted by Gasteiger charge is -2.16. The number of aryl methyl sites for hydroxylation is 2. The van der Waals surface area contributed by atoms with Crippen molar-refractivity contribution in [3.8, 4) is 0 Å². The Hall–Kier alpha value is -2.94. The molecule has 1 aromatic heterocycles. The number of nitrogens with one attached hydrogen (secondary N) is 2. The normalized spacial score (nSPS) is 17.3. The maximum atomic E-state index is 13.4. The molecular formula is C16H15F2N5O2. The maximum Gasteiger partial charge on any atom is 0.253 e. The van der Waals surface area contributed by atoms with Crippen molar-refractivity contribution in [2.45, 2.75) is 26.3 Å². The number of carbonyl (C=O) groups excluding carboxylic acids is 2. The molecule has 9 heteroatoms. The molecule has 1 aliphatic rings.